The van der Waals surface area contributed by atoms with E-state index in [0.29, 0.717) is 24.5 Å². The molecule has 3 aliphatic carbocycles. The molecule has 0 spiro atoms. The molecule has 2 saturated heterocycles. The van der Waals surface area contributed by atoms with E-state index in [1.54, 1.807) is 7.11 Å². The van der Waals surface area contributed by atoms with Gasteiger partial charge in [-0.3, -0.25) is 9.59 Å². The van der Waals surface area contributed by atoms with Crippen molar-refractivity contribution in [2.45, 2.75) is 81.8 Å². The molecular formula is C36H42N4O5S. The lowest BCUT2D eigenvalue weighted by Crippen LogP contribution is -2.56. The highest BCUT2D eigenvalue weighted by molar-refractivity contribution is 7.92. The average Bonchev–Trinajstić information content (AvgIpc) is 3.59. The Bertz CT molecular complexity index is 1860. The Balaban J connectivity index is 1.31. The fourth-order valence-electron chi connectivity index (χ4n) is 9.40. The first-order valence-electron chi connectivity index (χ1n) is 16.8. The fraction of sp³-hybridized carbons (Fsp3) is 0.500. The molecule has 46 heavy (non-hydrogen) atoms. The van der Waals surface area contributed by atoms with E-state index in [4.69, 9.17) is 4.74 Å². The molecule has 4 heterocycles. The number of rotatable bonds is 6. The second kappa shape index (κ2) is 11.0. The summed E-state index contributed by atoms with van der Waals surface area (Å²) in [5.74, 6) is 0.171. The largest absolute Gasteiger partial charge is 0.496 e. The maximum absolute atomic E-state index is 14.7. The minimum atomic E-state index is -3.97. The first kappa shape index (κ1) is 29.8. The van der Waals surface area contributed by atoms with Gasteiger partial charge in [-0.15, -0.1) is 0 Å². The van der Waals surface area contributed by atoms with E-state index < -0.39 is 15.9 Å². The minimum Gasteiger partial charge on any atom is -0.496 e. The lowest BCUT2D eigenvalue weighted by atomic mass is 9.75. The van der Waals surface area contributed by atoms with Gasteiger partial charge in [-0.25, -0.2) is 13.1 Å². The summed E-state index contributed by atoms with van der Waals surface area (Å²) >= 11 is 0. The molecule has 3 fully saturated rings. The Labute approximate surface area is 270 Å². The molecule has 2 bridgehead atoms. The van der Waals surface area contributed by atoms with Gasteiger partial charge in [0, 0.05) is 54.1 Å². The number of carbonyl (C=O) groups excluding carboxylic acids is 2. The number of sulfonamides is 1. The first-order valence-corrected chi connectivity index (χ1v) is 18.3. The summed E-state index contributed by atoms with van der Waals surface area (Å²) < 4.78 is 35.1. The molecule has 1 N–H and O–H groups in total. The molecule has 242 valence electrons. The van der Waals surface area contributed by atoms with Crippen molar-refractivity contribution in [2.24, 2.45) is 5.92 Å². The summed E-state index contributed by atoms with van der Waals surface area (Å²) in [4.78, 5) is 32.8. The van der Waals surface area contributed by atoms with Crippen LogP contribution in [-0.2, 0) is 26.2 Å². The highest BCUT2D eigenvalue weighted by Crippen LogP contribution is 2.55. The van der Waals surface area contributed by atoms with E-state index in [1.807, 2.05) is 0 Å². The van der Waals surface area contributed by atoms with Gasteiger partial charge < -0.3 is 19.1 Å². The van der Waals surface area contributed by atoms with E-state index in [-0.39, 0.29) is 29.8 Å². The zero-order chi connectivity index (χ0) is 31.9. The van der Waals surface area contributed by atoms with Crippen LogP contribution in [0.4, 0.5) is 0 Å². The number of likely N-dealkylation sites (tertiary alicyclic amines) is 1. The van der Waals surface area contributed by atoms with Crippen LogP contribution in [0.3, 0.4) is 0 Å². The van der Waals surface area contributed by atoms with Crippen molar-refractivity contribution in [2.75, 3.05) is 27.2 Å². The number of carbonyl (C=O) groups is 2. The number of hydrogen-bond acceptors (Lipinski definition) is 6. The first-order chi connectivity index (χ1) is 22.2. The molecule has 8 rings (SSSR count). The van der Waals surface area contributed by atoms with Gasteiger partial charge in [0.25, 0.3) is 15.9 Å². The molecule has 2 aromatic rings. The van der Waals surface area contributed by atoms with Crippen LogP contribution in [0.1, 0.15) is 74.5 Å². The molecule has 0 radical (unpaired) electrons. The Kier molecular flexibility index (Phi) is 7.10. The van der Waals surface area contributed by atoms with Crippen LogP contribution >= 0.6 is 0 Å². The third-order valence-corrected chi connectivity index (χ3v) is 12.3. The van der Waals surface area contributed by atoms with Crippen molar-refractivity contribution in [1.29, 1.82) is 0 Å². The monoisotopic (exact) mass is 642 g/mol. The fourth-order valence-corrected chi connectivity index (χ4v) is 9.84. The van der Waals surface area contributed by atoms with Crippen LogP contribution in [0.25, 0.3) is 10.9 Å². The Morgan fingerprint density at radius 3 is 2.50 bits per heavy atom. The standard InChI is InChI=1S/C36H42N4O5S/c1-4-46(43,44)37-35(41)33-28-20-39-29(17-27-30(45-3)16-15-24(34(27)39)21-9-6-5-7-10-21)31-25(32(28)33)11-8-12-26(31)36(42)40-22-13-14-23(40)19-38(2)18-22/h4,8,11,15-17,21-23,26,31H,1,5-7,9-10,12-14,18-20H2,2-3H3,(H,37,41)/t22?,23?,26-,31?/m1/s1. The van der Waals surface area contributed by atoms with Crippen LogP contribution in [0.2, 0.25) is 0 Å². The molecule has 1 saturated carbocycles. The number of methoxy groups -OCH3 is 1. The van der Waals surface area contributed by atoms with Gasteiger partial charge in [0.1, 0.15) is 5.75 Å². The predicted molar refractivity (Wildman–Crippen MR) is 177 cm³/mol. The Morgan fingerprint density at radius 1 is 1.07 bits per heavy atom. The van der Waals surface area contributed by atoms with E-state index in [0.717, 1.165) is 83.2 Å². The molecule has 1 aromatic carbocycles. The number of amides is 2. The third-order valence-electron chi connectivity index (χ3n) is 11.4. The summed E-state index contributed by atoms with van der Waals surface area (Å²) in [6, 6.07) is 6.95. The topological polar surface area (TPSA) is 101 Å². The highest BCUT2D eigenvalue weighted by atomic mass is 32.2. The molecule has 9 nitrogen and oxygen atoms in total. The molecule has 3 aliphatic heterocycles. The summed E-state index contributed by atoms with van der Waals surface area (Å²) in [5.41, 5.74) is 6.46. The number of fused-ring (bicyclic) bond motifs is 8. The van der Waals surface area contributed by atoms with Crippen LogP contribution in [0, 0.1) is 5.92 Å². The SMILES string of the molecule is C=CS(=O)(=O)NC(=O)C1=C2Cn3c(cc4c(OC)ccc(C5CCCCC5)c43)C3C(=C21)C=CC[C@H]3C(=O)N1C2CCC1CN(C)C2. The molecular weight excluding hydrogens is 600 g/mol. The van der Waals surface area contributed by atoms with Crippen molar-refractivity contribution < 1.29 is 22.7 Å². The number of nitrogens with zero attached hydrogens (tertiary/aromatic N) is 3. The zero-order valence-electron chi connectivity index (χ0n) is 26.6. The summed E-state index contributed by atoms with van der Waals surface area (Å²) in [7, 11) is -0.128. The van der Waals surface area contributed by atoms with Crippen molar-refractivity contribution in [1.82, 2.24) is 19.1 Å². The van der Waals surface area contributed by atoms with E-state index in [9.17, 15) is 18.0 Å². The number of hydrogen-bond donors (Lipinski definition) is 1. The number of allylic oxidation sites excluding steroid dienone is 4. The van der Waals surface area contributed by atoms with E-state index in [1.165, 1.54) is 24.8 Å². The molecule has 2 amide bonds. The molecule has 3 unspecified atom stereocenters. The predicted octanol–water partition coefficient (Wildman–Crippen LogP) is 4.87. The zero-order valence-corrected chi connectivity index (χ0v) is 27.4. The number of ether oxygens (including phenoxy) is 1. The average molecular weight is 643 g/mol. The number of piperazine rings is 1. The quantitative estimate of drug-likeness (QED) is 0.483. The van der Waals surface area contributed by atoms with Gasteiger partial charge in [0.2, 0.25) is 5.91 Å². The lowest BCUT2D eigenvalue weighted by molar-refractivity contribution is -0.141. The van der Waals surface area contributed by atoms with Crippen LogP contribution in [0.15, 0.2) is 64.6 Å². The highest BCUT2D eigenvalue weighted by Gasteiger charge is 2.50. The molecule has 10 heteroatoms. The third kappa shape index (κ3) is 4.62. The van der Waals surface area contributed by atoms with Gasteiger partial charge in [0.05, 0.1) is 24.1 Å². The maximum atomic E-state index is 14.7. The van der Waals surface area contributed by atoms with E-state index >= 15 is 0 Å². The van der Waals surface area contributed by atoms with Crippen LogP contribution in [0.5, 0.6) is 5.75 Å². The van der Waals surface area contributed by atoms with Crippen molar-refractivity contribution in [3.05, 3.63) is 75.9 Å². The van der Waals surface area contributed by atoms with Crippen LogP contribution < -0.4 is 9.46 Å². The van der Waals surface area contributed by atoms with Gasteiger partial charge in [-0.1, -0.05) is 44.1 Å². The normalized spacial score (nSPS) is 27.7. The maximum Gasteiger partial charge on any atom is 0.265 e. The van der Waals surface area contributed by atoms with Crippen molar-refractivity contribution in [3.8, 4) is 5.75 Å². The van der Waals surface area contributed by atoms with E-state index in [2.05, 4.69) is 63.1 Å². The van der Waals surface area contributed by atoms with Crippen molar-refractivity contribution in [3.63, 3.8) is 0 Å². The Morgan fingerprint density at radius 2 is 1.80 bits per heavy atom. The van der Waals surface area contributed by atoms with Gasteiger partial charge >= 0.3 is 0 Å². The second-order valence-corrected chi connectivity index (χ2v) is 15.6. The summed E-state index contributed by atoms with van der Waals surface area (Å²) in [6.45, 7) is 5.57. The van der Waals surface area contributed by atoms with Gasteiger partial charge in [0.15, 0.2) is 0 Å². The molecule has 4 atom stereocenters. The number of benzene rings is 1. The number of nitrogens with one attached hydrogen (secondary N) is 1. The minimum absolute atomic E-state index is 0.189. The van der Waals surface area contributed by atoms with Crippen molar-refractivity contribution >= 4 is 32.7 Å². The van der Waals surface area contributed by atoms with Gasteiger partial charge in [-0.05, 0) is 79.5 Å². The smallest absolute Gasteiger partial charge is 0.265 e. The summed E-state index contributed by atoms with van der Waals surface area (Å²) in [5, 5.41) is 1.79. The van der Waals surface area contributed by atoms with Crippen LogP contribution in [-0.4, -0.2) is 73.9 Å². The Hall–Kier alpha value is -3.63. The second-order valence-electron chi connectivity index (χ2n) is 14.0. The summed E-state index contributed by atoms with van der Waals surface area (Å²) in [6.07, 6.45) is 12.7. The molecule has 1 aromatic heterocycles. The van der Waals surface area contributed by atoms with Gasteiger partial charge in [-0.2, -0.15) is 0 Å². The number of likely N-dealkylation sites (N-methyl/N-ethyl adjacent to an activating group) is 1. The number of aromatic nitrogens is 1. The lowest BCUT2D eigenvalue weighted by Gasteiger charge is -2.43. The molecule has 6 aliphatic rings.